The lowest BCUT2D eigenvalue weighted by atomic mass is 10.2. The van der Waals surface area contributed by atoms with E-state index in [1.807, 2.05) is 4.90 Å². The number of benzene rings is 1. The van der Waals surface area contributed by atoms with E-state index in [4.69, 9.17) is 18.9 Å². The number of amides is 2. The van der Waals surface area contributed by atoms with Crippen LogP contribution >= 0.6 is 0 Å². The smallest absolute Gasteiger partial charge is 0.414 e. The molecule has 0 unspecified atom stereocenters. The second-order valence-corrected chi connectivity index (χ2v) is 10.4. The molecule has 0 saturated carbocycles. The number of ether oxygens (including phenoxy) is 4. The van der Waals surface area contributed by atoms with Gasteiger partial charge in [0, 0.05) is 20.0 Å². The van der Waals surface area contributed by atoms with Gasteiger partial charge in [0.05, 0.1) is 37.7 Å². The Morgan fingerprint density at radius 1 is 1.08 bits per heavy atom. The third-order valence-corrected chi connectivity index (χ3v) is 4.80. The summed E-state index contributed by atoms with van der Waals surface area (Å²) in [4.78, 5) is 40.0. The van der Waals surface area contributed by atoms with E-state index >= 15 is 4.39 Å². The summed E-state index contributed by atoms with van der Waals surface area (Å²) < 4.78 is 36.5. The number of hydrogen-bond donors (Lipinski definition) is 1. The van der Waals surface area contributed by atoms with Gasteiger partial charge in [-0.3, -0.25) is 9.69 Å². The summed E-state index contributed by atoms with van der Waals surface area (Å²) >= 11 is 0. The molecule has 0 aromatic heterocycles. The van der Waals surface area contributed by atoms with Gasteiger partial charge >= 0.3 is 18.2 Å². The number of anilines is 2. The molecule has 1 aromatic carbocycles. The molecule has 2 rings (SSSR count). The number of morpholine rings is 1. The molecule has 1 fully saturated rings. The van der Waals surface area contributed by atoms with Gasteiger partial charge in [0.15, 0.2) is 0 Å². The first kappa shape index (κ1) is 29.2. The van der Waals surface area contributed by atoms with Crippen LogP contribution in [0.25, 0.3) is 0 Å². The number of halogens is 1. The molecule has 1 aliphatic heterocycles. The van der Waals surface area contributed by atoms with Gasteiger partial charge < -0.3 is 29.2 Å². The molecule has 36 heavy (non-hydrogen) atoms. The molecule has 11 heteroatoms. The largest absolute Gasteiger partial charge is 0.459 e. The molecule has 2 amide bonds. The Bertz CT molecular complexity index is 921. The van der Waals surface area contributed by atoms with Crippen LogP contribution in [0.1, 0.15) is 48.5 Å². The monoisotopic (exact) mass is 511 g/mol. The van der Waals surface area contributed by atoms with Gasteiger partial charge in [-0.1, -0.05) is 0 Å². The van der Waals surface area contributed by atoms with Crippen molar-refractivity contribution < 1.29 is 37.7 Å². The first-order valence-corrected chi connectivity index (χ1v) is 11.9. The fraction of sp³-hybridized carbons (Fsp3) is 0.640. The SMILES string of the molecule is CC(=O)O[C@@H](CNC(=O)OC(C)(C)C)CN(C(=O)OC(C)(C)C)c1ccc(N2CCOCC2)c(F)c1. The molecular weight excluding hydrogens is 473 g/mol. The number of rotatable bonds is 7. The molecular formula is C25H38FN3O7. The van der Waals surface area contributed by atoms with Crippen molar-refractivity contribution in [2.75, 3.05) is 49.2 Å². The molecule has 0 radical (unpaired) electrons. The Labute approximate surface area is 212 Å². The van der Waals surface area contributed by atoms with Crippen molar-refractivity contribution in [3.8, 4) is 0 Å². The van der Waals surface area contributed by atoms with E-state index in [1.165, 1.54) is 17.9 Å². The van der Waals surface area contributed by atoms with E-state index in [2.05, 4.69) is 5.32 Å². The summed E-state index contributed by atoms with van der Waals surface area (Å²) in [6.07, 6.45) is -2.41. The highest BCUT2D eigenvalue weighted by molar-refractivity contribution is 5.88. The van der Waals surface area contributed by atoms with Crippen LogP contribution in [0.4, 0.5) is 25.4 Å². The maximum absolute atomic E-state index is 15.1. The highest BCUT2D eigenvalue weighted by Gasteiger charge is 2.29. The van der Waals surface area contributed by atoms with Gasteiger partial charge in [0.2, 0.25) is 0 Å². The molecule has 1 aliphatic rings. The lowest BCUT2D eigenvalue weighted by molar-refractivity contribution is -0.145. The summed E-state index contributed by atoms with van der Waals surface area (Å²) in [5.74, 6) is -1.12. The molecule has 1 heterocycles. The molecule has 1 saturated heterocycles. The fourth-order valence-corrected chi connectivity index (χ4v) is 3.42. The number of alkyl carbamates (subject to hydrolysis) is 1. The molecule has 1 atom stereocenters. The van der Waals surface area contributed by atoms with Crippen molar-refractivity contribution in [1.29, 1.82) is 0 Å². The van der Waals surface area contributed by atoms with Crippen LogP contribution in [-0.2, 0) is 23.7 Å². The Balaban J connectivity index is 2.29. The minimum atomic E-state index is -0.954. The Hall–Kier alpha value is -3.08. The van der Waals surface area contributed by atoms with Crippen molar-refractivity contribution >= 4 is 29.5 Å². The standard InChI is InChI=1S/C25H38FN3O7/c1-17(30)34-19(15-27-22(31)35-24(2,3)4)16-29(23(32)36-25(5,6)7)18-8-9-21(20(26)14-18)28-10-12-33-13-11-28/h8-9,14,19H,10-13,15-16H2,1-7H3,(H,27,31)/t19-/m0/s1. The van der Waals surface area contributed by atoms with Crippen molar-refractivity contribution in [3.63, 3.8) is 0 Å². The van der Waals surface area contributed by atoms with E-state index < -0.39 is 41.3 Å². The van der Waals surface area contributed by atoms with Crippen LogP contribution in [0.2, 0.25) is 0 Å². The summed E-state index contributed by atoms with van der Waals surface area (Å²) in [7, 11) is 0. The Morgan fingerprint density at radius 3 is 2.22 bits per heavy atom. The van der Waals surface area contributed by atoms with Gasteiger partial charge in [-0.05, 0) is 59.7 Å². The van der Waals surface area contributed by atoms with Gasteiger partial charge in [0.1, 0.15) is 23.1 Å². The van der Waals surface area contributed by atoms with Gasteiger partial charge in [-0.2, -0.15) is 0 Å². The van der Waals surface area contributed by atoms with Crippen molar-refractivity contribution in [1.82, 2.24) is 5.32 Å². The molecule has 0 bridgehead atoms. The van der Waals surface area contributed by atoms with Crippen LogP contribution in [0, 0.1) is 5.82 Å². The van der Waals surface area contributed by atoms with Gasteiger partial charge in [0.25, 0.3) is 0 Å². The van der Waals surface area contributed by atoms with E-state index in [0.717, 1.165) is 0 Å². The number of hydrogen-bond acceptors (Lipinski definition) is 8. The maximum Gasteiger partial charge on any atom is 0.414 e. The summed E-state index contributed by atoms with van der Waals surface area (Å²) in [5.41, 5.74) is -0.932. The van der Waals surface area contributed by atoms with E-state index in [9.17, 15) is 14.4 Å². The molecule has 10 nitrogen and oxygen atoms in total. The number of nitrogens with zero attached hydrogens (tertiary/aromatic N) is 2. The maximum atomic E-state index is 15.1. The average molecular weight is 512 g/mol. The van der Waals surface area contributed by atoms with Crippen molar-refractivity contribution in [3.05, 3.63) is 24.0 Å². The number of esters is 1. The van der Waals surface area contributed by atoms with Crippen LogP contribution in [0.5, 0.6) is 0 Å². The van der Waals surface area contributed by atoms with Crippen LogP contribution in [0.3, 0.4) is 0 Å². The second kappa shape index (κ2) is 12.2. The number of carbonyl (C=O) groups excluding carboxylic acids is 3. The third-order valence-electron chi connectivity index (χ3n) is 4.80. The zero-order chi connectivity index (χ0) is 27.1. The van der Waals surface area contributed by atoms with E-state index in [1.54, 1.807) is 53.7 Å². The van der Waals surface area contributed by atoms with E-state index in [0.29, 0.717) is 32.0 Å². The number of carbonyl (C=O) groups is 3. The summed E-state index contributed by atoms with van der Waals surface area (Å²) in [6, 6.07) is 4.43. The topological polar surface area (TPSA) is 107 Å². The molecule has 0 spiro atoms. The fourth-order valence-electron chi connectivity index (χ4n) is 3.42. The number of nitrogens with one attached hydrogen (secondary N) is 1. The Kier molecular flexibility index (Phi) is 9.92. The minimum absolute atomic E-state index is 0.137. The predicted octanol–water partition coefficient (Wildman–Crippen LogP) is 3.86. The second-order valence-electron chi connectivity index (χ2n) is 10.4. The first-order chi connectivity index (χ1) is 16.6. The summed E-state index contributed by atoms with van der Waals surface area (Å²) in [5, 5.41) is 2.54. The third kappa shape index (κ3) is 9.88. The normalized spacial score (nSPS) is 15.1. The summed E-state index contributed by atoms with van der Waals surface area (Å²) in [6.45, 7) is 13.3. The van der Waals surface area contributed by atoms with Gasteiger partial charge in [-0.25, -0.2) is 14.0 Å². The Morgan fingerprint density at radius 2 is 1.69 bits per heavy atom. The lowest BCUT2D eigenvalue weighted by Gasteiger charge is -2.32. The quantitative estimate of drug-likeness (QED) is 0.435. The molecule has 1 N–H and O–H groups in total. The predicted molar refractivity (Wildman–Crippen MR) is 133 cm³/mol. The van der Waals surface area contributed by atoms with Crippen molar-refractivity contribution in [2.24, 2.45) is 0 Å². The van der Waals surface area contributed by atoms with E-state index in [-0.39, 0.29) is 18.8 Å². The first-order valence-electron chi connectivity index (χ1n) is 11.9. The lowest BCUT2D eigenvalue weighted by Crippen LogP contribution is -2.47. The van der Waals surface area contributed by atoms with Gasteiger partial charge in [-0.15, -0.1) is 0 Å². The average Bonchev–Trinajstić information content (AvgIpc) is 2.73. The highest BCUT2D eigenvalue weighted by atomic mass is 19.1. The van der Waals surface area contributed by atoms with Crippen LogP contribution in [0.15, 0.2) is 18.2 Å². The van der Waals surface area contributed by atoms with Crippen LogP contribution < -0.4 is 15.1 Å². The molecule has 0 aliphatic carbocycles. The zero-order valence-corrected chi connectivity index (χ0v) is 22.2. The van der Waals surface area contributed by atoms with Crippen LogP contribution in [-0.4, -0.2) is 74.9 Å². The van der Waals surface area contributed by atoms with Crippen molar-refractivity contribution in [2.45, 2.75) is 65.8 Å². The molecule has 1 aromatic rings. The minimum Gasteiger partial charge on any atom is -0.459 e. The highest BCUT2D eigenvalue weighted by Crippen LogP contribution is 2.27. The molecule has 202 valence electrons. The zero-order valence-electron chi connectivity index (χ0n) is 22.2.